The predicted octanol–water partition coefficient (Wildman–Crippen LogP) is 2.41. The van der Waals surface area contributed by atoms with Gasteiger partial charge in [0, 0.05) is 36.5 Å². The topological polar surface area (TPSA) is 28.2 Å². The zero-order valence-electron chi connectivity index (χ0n) is 11.3. The Morgan fingerprint density at radius 2 is 2.18 bits per heavy atom. The van der Waals surface area contributed by atoms with Gasteiger partial charge in [0.25, 0.3) is 0 Å². The number of thiazole rings is 1. The van der Waals surface area contributed by atoms with E-state index < -0.39 is 0 Å². The minimum absolute atomic E-state index is 0.168. The van der Waals surface area contributed by atoms with Crippen LogP contribution in [0.1, 0.15) is 43.3 Å². The smallest absolute Gasteiger partial charge is 0.107 e. The van der Waals surface area contributed by atoms with E-state index in [0.717, 1.165) is 26.1 Å². The summed E-state index contributed by atoms with van der Waals surface area (Å²) in [4.78, 5) is 8.72. The van der Waals surface area contributed by atoms with Crippen molar-refractivity contribution >= 4 is 11.3 Å². The van der Waals surface area contributed by atoms with Crippen molar-refractivity contribution in [2.45, 2.75) is 52.7 Å². The quantitative estimate of drug-likeness (QED) is 0.896. The predicted molar refractivity (Wildman–Crippen MR) is 73.4 cm³/mol. The summed E-state index contributed by atoms with van der Waals surface area (Å²) in [5, 5.41) is 4.75. The maximum absolute atomic E-state index is 4.75. The van der Waals surface area contributed by atoms with Crippen LogP contribution in [0.5, 0.6) is 0 Å². The van der Waals surface area contributed by atoms with Crippen LogP contribution in [-0.4, -0.2) is 28.5 Å². The summed E-state index contributed by atoms with van der Waals surface area (Å²) >= 11 is 1.88. The van der Waals surface area contributed by atoms with E-state index in [2.05, 4.69) is 37.9 Å². The molecule has 4 heteroatoms. The van der Waals surface area contributed by atoms with Gasteiger partial charge in [-0.25, -0.2) is 4.98 Å². The minimum Gasteiger partial charge on any atom is -0.306 e. The second-order valence-electron chi connectivity index (χ2n) is 5.70. The standard InChI is InChI=1S/C13H23N3S/c1-5-16-7-6-10-11(9-16)17-12(15-10)8-14-13(2,3)4/h14H,5-9H2,1-4H3. The van der Waals surface area contributed by atoms with Crippen LogP contribution in [-0.2, 0) is 19.5 Å². The van der Waals surface area contributed by atoms with Crippen LogP contribution >= 0.6 is 11.3 Å². The van der Waals surface area contributed by atoms with Gasteiger partial charge in [0.15, 0.2) is 0 Å². The Morgan fingerprint density at radius 3 is 2.82 bits per heavy atom. The molecule has 2 rings (SSSR count). The molecule has 0 atom stereocenters. The molecule has 0 aliphatic carbocycles. The lowest BCUT2D eigenvalue weighted by atomic mass is 10.1. The molecule has 1 aromatic rings. The average molecular weight is 253 g/mol. The number of fused-ring (bicyclic) bond motifs is 1. The van der Waals surface area contributed by atoms with Gasteiger partial charge in [0.05, 0.1) is 5.69 Å². The molecule has 0 fully saturated rings. The Kier molecular flexibility index (Phi) is 3.85. The van der Waals surface area contributed by atoms with Gasteiger partial charge < -0.3 is 5.32 Å². The Bertz CT molecular complexity index is 379. The van der Waals surface area contributed by atoms with E-state index >= 15 is 0 Å². The summed E-state index contributed by atoms with van der Waals surface area (Å²) in [5.41, 5.74) is 1.51. The van der Waals surface area contributed by atoms with Crippen molar-refractivity contribution in [3.05, 3.63) is 15.6 Å². The van der Waals surface area contributed by atoms with Crippen molar-refractivity contribution in [2.24, 2.45) is 0 Å². The Morgan fingerprint density at radius 1 is 1.41 bits per heavy atom. The van der Waals surface area contributed by atoms with Crippen LogP contribution in [0.3, 0.4) is 0 Å². The van der Waals surface area contributed by atoms with Crippen LogP contribution in [0.4, 0.5) is 0 Å². The fourth-order valence-corrected chi connectivity index (χ4v) is 3.09. The maximum Gasteiger partial charge on any atom is 0.107 e. The molecule has 0 unspecified atom stereocenters. The second kappa shape index (κ2) is 5.04. The fourth-order valence-electron chi connectivity index (χ4n) is 1.99. The summed E-state index contributed by atoms with van der Waals surface area (Å²) in [7, 11) is 0. The molecule has 3 nitrogen and oxygen atoms in total. The first-order valence-corrected chi connectivity index (χ1v) is 7.24. The van der Waals surface area contributed by atoms with Gasteiger partial charge in [-0.05, 0) is 27.3 Å². The average Bonchev–Trinajstić information content (AvgIpc) is 2.66. The van der Waals surface area contributed by atoms with E-state index in [1.54, 1.807) is 0 Å². The van der Waals surface area contributed by atoms with Crippen LogP contribution in [0.25, 0.3) is 0 Å². The Balaban J connectivity index is 2.00. The molecule has 1 aliphatic rings. The van der Waals surface area contributed by atoms with Crippen molar-refractivity contribution in [2.75, 3.05) is 13.1 Å². The highest BCUT2D eigenvalue weighted by Gasteiger charge is 2.20. The number of aromatic nitrogens is 1. The number of hydrogen-bond acceptors (Lipinski definition) is 4. The van der Waals surface area contributed by atoms with Gasteiger partial charge >= 0.3 is 0 Å². The third-order valence-electron chi connectivity index (χ3n) is 3.07. The molecule has 0 bridgehead atoms. The van der Waals surface area contributed by atoms with E-state index in [-0.39, 0.29) is 5.54 Å². The molecular formula is C13H23N3S. The molecule has 17 heavy (non-hydrogen) atoms. The van der Waals surface area contributed by atoms with Crippen LogP contribution in [0.15, 0.2) is 0 Å². The minimum atomic E-state index is 0.168. The van der Waals surface area contributed by atoms with Gasteiger partial charge in [-0.3, -0.25) is 4.90 Å². The van der Waals surface area contributed by atoms with Gasteiger partial charge in [-0.2, -0.15) is 0 Å². The number of rotatable bonds is 3. The third kappa shape index (κ3) is 3.50. The molecule has 0 spiro atoms. The highest BCUT2D eigenvalue weighted by molar-refractivity contribution is 7.11. The summed E-state index contributed by atoms with van der Waals surface area (Å²) in [6, 6.07) is 0. The summed E-state index contributed by atoms with van der Waals surface area (Å²) < 4.78 is 0. The molecule has 2 heterocycles. The van der Waals surface area contributed by atoms with Crippen LogP contribution < -0.4 is 5.32 Å². The number of nitrogens with zero attached hydrogens (tertiary/aromatic N) is 2. The van der Waals surface area contributed by atoms with Crippen molar-refractivity contribution in [1.29, 1.82) is 0 Å². The fraction of sp³-hybridized carbons (Fsp3) is 0.769. The van der Waals surface area contributed by atoms with E-state index in [0.29, 0.717) is 0 Å². The summed E-state index contributed by atoms with van der Waals surface area (Å²) in [5.74, 6) is 0. The molecule has 1 aliphatic heterocycles. The molecule has 96 valence electrons. The molecule has 0 radical (unpaired) electrons. The zero-order chi connectivity index (χ0) is 12.5. The van der Waals surface area contributed by atoms with Gasteiger partial charge in [0.2, 0.25) is 0 Å². The lowest BCUT2D eigenvalue weighted by molar-refractivity contribution is 0.269. The molecule has 0 aromatic carbocycles. The Hall–Kier alpha value is -0.450. The van der Waals surface area contributed by atoms with E-state index in [4.69, 9.17) is 4.98 Å². The van der Waals surface area contributed by atoms with Gasteiger partial charge in [-0.1, -0.05) is 6.92 Å². The second-order valence-corrected chi connectivity index (χ2v) is 6.87. The van der Waals surface area contributed by atoms with Crippen molar-refractivity contribution in [1.82, 2.24) is 15.2 Å². The highest BCUT2D eigenvalue weighted by Crippen LogP contribution is 2.25. The highest BCUT2D eigenvalue weighted by atomic mass is 32.1. The lowest BCUT2D eigenvalue weighted by Gasteiger charge is -2.23. The van der Waals surface area contributed by atoms with Crippen molar-refractivity contribution < 1.29 is 0 Å². The monoisotopic (exact) mass is 253 g/mol. The number of likely N-dealkylation sites (N-methyl/N-ethyl adjacent to an activating group) is 1. The largest absolute Gasteiger partial charge is 0.306 e. The normalized spacial score (nSPS) is 17.2. The SMILES string of the molecule is CCN1CCc2nc(CNC(C)(C)C)sc2C1. The molecule has 1 aromatic heterocycles. The molecule has 0 saturated heterocycles. The first-order chi connectivity index (χ1) is 7.98. The zero-order valence-corrected chi connectivity index (χ0v) is 12.2. The van der Waals surface area contributed by atoms with E-state index in [1.807, 2.05) is 11.3 Å². The van der Waals surface area contributed by atoms with Crippen LogP contribution in [0, 0.1) is 0 Å². The molecule has 1 N–H and O–H groups in total. The first kappa shape index (κ1) is 13.0. The van der Waals surface area contributed by atoms with E-state index in [9.17, 15) is 0 Å². The first-order valence-electron chi connectivity index (χ1n) is 6.43. The molecule has 0 saturated carbocycles. The van der Waals surface area contributed by atoms with Crippen molar-refractivity contribution in [3.8, 4) is 0 Å². The van der Waals surface area contributed by atoms with Crippen molar-refractivity contribution in [3.63, 3.8) is 0 Å². The van der Waals surface area contributed by atoms with E-state index in [1.165, 1.54) is 22.1 Å². The number of hydrogen-bond donors (Lipinski definition) is 1. The molecular weight excluding hydrogens is 230 g/mol. The van der Waals surface area contributed by atoms with Crippen LogP contribution in [0.2, 0.25) is 0 Å². The number of nitrogens with one attached hydrogen (secondary N) is 1. The van der Waals surface area contributed by atoms with Gasteiger partial charge in [0.1, 0.15) is 5.01 Å². The van der Waals surface area contributed by atoms with Gasteiger partial charge in [-0.15, -0.1) is 11.3 Å². The third-order valence-corrected chi connectivity index (χ3v) is 4.15. The summed E-state index contributed by atoms with van der Waals surface area (Å²) in [6.45, 7) is 13.1. The molecule has 0 amide bonds. The Labute approximate surface area is 108 Å². The maximum atomic E-state index is 4.75. The summed E-state index contributed by atoms with van der Waals surface area (Å²) in [6.07, 6.45) is 1.12. The lowest BCUT2D eigenvalue weighted by Crippen LogP contribution is -2.35.